The summed E-state index contributed by atoms with van der Waals surface area (Å²) >= 11 is 0. The van der Waals surface area contributed by atoms with Crippen molar-refractivity contribution in [2.24, 2.45) is 5.73 Å². The van der Waals surface area contributed by atoms with Crippen LogP contribution >= 0.6 is 0 Å². The van der Waals surface area contributed by atoms with Gasteiger partial charge in [0.2, 0.25) is 0 Å². The van der Waals surface area contributed by atoms with Crippen LogP contribution in [-0.4, -0.2) is 63.9 Å². The van der Waals surface area contributed by atoms with Crippen LogP contribution in [0.1, 0.15) is 54.3 Å². The van der Waals surface area contributed by atoms with Crippen LogP contribution < -0.4 is 11.1 Å². The van der Waals surface area contributed by atoms with E-state index in [0.29, 0.717) is 6.54 Å². The maximum Gasteiger partial charge on any atom is 0.418 e. The van der Waals surface area contributed by atoms with Gasteiger partial charge in [-0.3, -0.25) is 0 Å². The van der Waals surface area contributed by atoms with Crippen LogP contribution in [0.4, 0.5) is 9.59 Å². The van der Waals surface area contributed by atoms with Crippen molar-refractivity contribution in [3.8, 4) is 0 Å². The number of primary amides is 1. The highest BCUT2D eigenvalue weighted by Crippen LogP contribution is 2.15. The number of ether oxygens (including phenoxy) is 1. The van der Waals surface area contributed by atoms with Crippen LogP contribution in [-0.2, 0) is 4.74 Å². The number of hydrogen-bond donors (Lipinski definition) is 4. The Balaban J connectivity index is 0.000000308. The van der Waals surface area contributed by atoms with Gasteiger partial charge in [-0.25, -0.2) is 24.1 Å². The molecule has 160 valence electrons. The molecule has 1 atom stereocenters. The predicted octanol–water partition coefficient (Wildman–Crippen LogP) is 2.14. The fourth-order valence-corrected chi connectivity index (χ4v) is 2.57. The van der Waals surface area contributed by atoms with E-state index in [2.05, 4.69) is 5.32 Å². The van der Waals surface area contributed by atoms with Gasteiger partial charge in [0.05, 0.1) is 17.2 Å². The van der Waals surface area contributed by atoms with Gasteiger partial charge in [0.25, 0.3) is 0 Å². The molecule has 1 aromatic rings. The lowest BCUT2D eigenvalue weighted by molar-refractivity contribution is 0.0242. The average Bonchev–Trinajstić information content (AvgIpc) is 2.61. The first kappa shape index (κ1) is 23.9. The lowest BCUT2D eigenvalue weighted by atomic mass is 10.1. The van der Waals surface area contributed by atoms with Crippen LogP contribution in [0, 0.1) is 0 Å². The number of nitrogens with zero attached hydrogens (tertiary/aromatic N) is 1. The van der Waals surface area contributed by atoms with Crippen molar-refractivity contribution in [2.75, 3.05) is 13.1 Å². The highest BCUT2D eigenvalue weighted by molar-refractivity contribution is 5.93. The van der Waals surface area contributed by atoms with Gasteiger partial charge in [-0.2, -0.15) is 0 Å². The Labute approximate surface area is 168 Å². The molecule has 2 rings (SSSR count). The van der Waals surface area contributed by atoms with E-state index < -0.39 is 29.7 Å². The standard InChI is InChI=1S/C11H21N3O3.C8H6O4/c1-11(2,3)17-10(16)14(9(12)15)8-5-4-6-13-7-8;9-7(10)5-2-1-3-6(4-5)8(11)12/h8,13H,4-7H2,1-3H3,(H2,12,15);1-4H,(H,9,10)(H,11,12). The molecule has 0 saturated carbocycles. The Kier molecular flexibility index (Phi) is 8.58. The van der Waals surface area contributed by atoms with Crippen molar-refractivity contribution >= 4 is 24.1 Å². The first-order valence-corrected chi connectivity index (χ1v) is 9.01. The molecule has 10 heteroatoms. The van der Waals surface area contributed by atoms with Crippen LogP contribution in [0.3, 0.4) is 0 Å². The first-order chi connectivity index (χ1) is 13.4. The van der Waals surface area contributed by atoms with Gasteiger partial charge in [-0.05, 0) is 58.4 Å². The lowest BCUT2D eigenvalue weighted by Gasteiger charge is -2.33. The Morgan fingerprint density at radius 3 is 2.07 bits per heavy atom. The van der Waals surface area contributed by atoms with E-state index in [1.807, 2.05) is 0 Å². The summed E-state index contributed by atoms with van der Waals surface area (Å²) in [7, 11) is 0. The number of nitrogens with one attached hydrogen (secondary N) is 1. The minimum atomic E-state index is -1.13. The number of carbonyl (C=O) groups is 4. The third-order valence-corrected chi connectivity index (χ3v) is 3.82. The van der Waals surface area contributed by atoms with Crippen molar-refractivity contribution in [3.63, 3.8) is 0 Å². The molecule has 29 heavy (non-hydrogen) atoms. The van der Waals surface area contributed by atoms with Crippen LogP contribution in [0.5, 0.6) is 0 Å². The predicted molar refractivity (Wildman–Crippen MR) is 104 cm³/mol. The second kappa shape index (κ2) is 10.4. The molecule has 5 N–H and O–H groups in total. The molecule has 0 aromatic heterocycles. The van der Waals surface area contributed by atoms with E-state index in [9.17, 15) is 19.2 Å². The number of piperidine rings is 1. The summed E-state index contributed by atoms with van der Waals surface area (Å²) in [6.45, 7) is 6.73. The smallest absolute Gasteiger partial charge is 0.418 e. The van der Waals surface area contributed by atoms with E-state index >= 15 is 0 Å². The number of nitrogens with two attached hydrogens (primary N) is 1. The summed E-state index contributed by atoms with van der Waals surface area (Å²) in [4.78, 5) is 45.0. The highest BCUT2D eigenvalue weighted by Gasteiger charge is 2.32. The Morgan fingerprint density at radius 2 is 1.69 bits per heavy atom. The fourth-order valence-electron chi connectivity index (χ4n) is 2.57. The molecule has 0 aliphatic carbocycles. The number of urea groups is 1. The van der Waals surface area contributed by atoms with Crippen molar-refractivity contribution in [1.82, 2.24) is 10.2 Å². The third kappa shape index (κ3) is 8.18. The molecule has 1 aliphatic rings. The molecular formula is C19H27N3O7. The molecule has 1 aromatic carbocycles. The number of carboxylic acid groups (broad SMARTS) is 2. The monoisotopic (exact) mass is 409 g/mol. The molecule has 0 spiro atoms. The zero-order chi connectivity index (χ0) is 22.2. The molecule has 1 saturated heterocycles. The summed E-state index contributed by atoms with van der Waals surface area (Å²) in [5, 5.41) is 20.1. The number of aromatic carboxylic acids is 2. The molecule has 3 amide bonds. The van der Waals surface area contributed by atoms with Crippen LogP contribution in [0.2, 0.25) is 0 Å². The summed E-state index contributed by atoms with van der Waals surface area (Å²) in [5.74, 6) is -2.25. The van der Waals surface area contributed by atoms with E-state index in [-0.39, 0.29) is 17.2 Å². The topological polar surface area (TPSA) is 159 Å². The quantitative estimate of drug-likeness (QED) is 0.591. The SMILES string of the molecule is CC(C)(C)OC(=O)N(C(N)=O)C1CCCNC1.O=C(O)c1cccc(C(=O)O)c1. The number of benzene rings is 1. The van der Waals surface area contributed by atoms with E-state index in [1.165, 1.54) is 18.2 Å². The van der Waals surface area contributed by atoms with E-state index in [1.54, 1.807) is 20.8 Å². The first-order valence-electron chi connectivity index (χ1n) is 9.01. The normalized spacial score (nSPS) is 16.0. The maximum absolute atomic E-state index is 11.9. The fraction of sp³-hybridized carbons (Fsp3) is 0.474. The number of rotatable bonds is 3. The Bertz CT molecular complexity index is 723. The summed E-state index contributed by atoms with van der Waals surface area (Å²) in [6, 6.07) is 4.23. The van der Waals surface area contributed by atoms with Gasteiger partial charge in [0, 0.05) is 6.54 Å². The van der Waals surface area contributed by atoms with Crippen molar-refractivity contribution < 1.29 is 34.1 Å². The zero-order valence-electron chi connectivity index (χ0n) is 16.7. The van der Waals surface area contributed by atoms with E-state index in [0.717, 1.165) is 30.4 Å². The molecule has 0 bridgehead atoms. The number of carbonyl (C=O) groups excluding carboxylic acids is 2. The van der Waals surface area contributed by atoms with Gasteiger partial charge >= 0.3 is 24.1 Å². The van der Waals surface area contributed by atoms with Crippen molar-refractivity contribution in [1.29, 1.82) is 0 Å². The van der Waals surface area contributed by atoms with Gasteiger partial charge in [-0.15, -0.1) is 0 Å². The van der Waals surface area contributed by atoms with Gasteiger partial charge in [-0.1, -0.05) is 6.07 Å². The van der Waals surface area contributed by atoms with Gasteiger partial charge in [0.15, 0.2) is 0 Å². The number of amides is 3. The Hall–Kier alpha value is -3.14. The maximum atomic E-state index is 11.9. The summed E-state index contributed by atoms with van der Waals surface area (Å²) in [6.07, 6.45) is 1.01. The zero-order valence-corrected chi connectivity index (χ0v) is 16.7. The van der Waals surface area contributed by atoms with Gasteiger partial charge < -0.3 is 26.0 Å². The van der Waals surface area contributed by atoms with E-state index in [4.69, 9.17) is 20.7 Å². The molecule has 0 radical (unpaired) electrons. The van der Waals surface area contributed by atoms with Crippen molar-refractivity contribution in [2.45, 2.75) is 45.3 Å². The second-order valence-electron chi connectivity index (χ2n) is 7.38. The van der Waals surface area contributed by atoms with Crippen LogP contribution in [0.25, 0.3) is 0 Å². The largest absolute Gasteiger partial charge is 0.478 e. The number of imide groups is 1. The minimum absolute atomic E-state index is 0.0186. The summed E-state index contributed by atoms with van der Waals surface area (Å²) in [5.41, 5.74) is 4.58. The third-order valence-electron chi connectivity index (χ3n) is 3.82. The molecule has 1 unspecified atom stereocenters. The van der Waals surface area contributed by atoms with Crippen LogP contribution in [0.15, 0.2) is 24.3 Å². The second-order valence-corrected chi connectivity index (χ2v) is 7.38. The Morgan fingerprint density at radius 1 is 1.14 bits per heavy atom. The lowest BCUT2D eigenvalue weighted by Crippen LogP contribution is -2.54. The minimum Gasteiger partial charge on any atom is -0.478 e. The molecule has 10 nitrogen and oxygen atoms in total. The molecule has 1 heterocycles. The average molecular weight is 409 g/mol. The highest BCUT2D eigenvalue weighted by atomic mass is 16.6. The van der Waals surface area contributed by atoms with Gasteiger partial charge in [0.1, 0.15) is 5.60 Å². The molecule has 1 aliphatic heterocycles. The molecular weight excluding hydrogens is 382 g/mol. The van der Waals surface area contributed by atoms with Crippen molar-refractivity contribution in [3.05, 3.63) is 35.4 Å². The number of hydrogen-bond acceptors (Lipinski definition) is 6. The molecule has 1 fully saturated rings. The summed E-state index contributed by atoms with van der Waals surface area (Å²) < 4.78 is 5.17. The number of carboxylic acids is 2.